The lowest BCUT2D eigenvalue weighted by molar-refractivity contribution is -0.178. The second-order valence-electron chi connectivity index (χ2n) is 11.4. The predicted octanol–water partition coefficient (Wildman–Crippen LogP) is 6.76. The fourth-order valence-corrected chi connectivity index (χ4v) is 6.72. The average Bonchev–Trinajstić information content (AvgIpc) is 3.33. The summed E-state index contributed by atoms with van der Waals surface area (Å²) < 4.78 is 26.9. The molecule has 0 saturated heterocycles. The quantitative estimate of drug-likeness (QED) is 0.154. The second-order valence-corrected chi connectivity index (χ2v) is 11.4. The molecule has 1 aromatic heterocycles. The van der Waals surface area contributed by atoms with E-state index in [1.54, 1.807) is 12.1 Å². The van der Waals surface area contributed by atoms with Crippen LogP contribution < -0.4 is 0 Å². The van der Waals surface area contributed by atoms with Crippen molar-refractivity contribution in [2.45, 2.75) is 78.6 Å². The van der Waals surface area contributed by atoms with E-state index in [2.05, 4.69) is 38.0 Å². The number of carbonyl (C=O) groups excluding carboxylic acids is 2. The Hall–Kier alpha value is -3.22. The summed E-state index contributed by atoms with van der Waals surface area (Å²) in [4.78, 5) is 27.5. The van der Waals surface area contributed by atoms with Crippen LogP contribution in [0.15, 0.2) is 47.7 Å². The number of ether oxygens (including phenoxy) is 2. The van der Waals surface area contributed by atoms with Crippen molar-refractivity contribution in [1.29, 1.82) is 0 Å². The molecule has 5 rings (SSSR count). The fourth-order valence-electron chi connectivity index (χ4n) is 6.72. The number of nitrogens with zero attached hydrogens (tertiary/aromatic N) is 2. The molecule has 7 heteroatoms. The van der Waals surface area contributed by atoms with Gasteiger partial charge in [0, 0.05) is 11.3 Å². The van der Waals surface area contributed by atoms with Gasteiger partial charge in [0.2, 0.25) is 0 Å². The third kappa shape index (κ3) is 4.74. The fraction of sp³-hybridized carbons (Fsp3) is 0.531. The van der Waals surface area contributed by atoms with Crippen LogP contribution in [0.1, 0.15) is 83.4 Å². The van der Waals surface area contributed by atoms with Crippen LogP contribution in [0.3, 0.4) is 0 Å². The highest BCUT2D eigenvalue weighted by Gasteiger charge is 2.60. The van der Waals surface area contributed by atoms with Crippen LogP contribution in [0.25, 0.3) is 11.8 Å². The third-order valence-corrected chi connectivity index (χ3v) is 8.92. The summed E-state index contributed by atoms with van der Waals surface area (Å²) in [7, 11) is 0. The van der Waals surface area contributed by atoms with Crippen molar-refractivity contribution < 1.29 is 23.5 Å². The van der Waals surface area contributed by atoms with Gasteiger partial charge in [-0.1, -0.05) is 50.8 Å². The first-order valence-electron chi connectivity index (χ1n) is 14.4. The first-order valence-corrected chi connectivity index (χ1v) is 14.4. The molecule has 1 aromatic carbocycles. The van der Waals surface area contributed by atoms with Gasteiger partial charge < -0.3 is 9.47 Å². The Morgan fingerprint density at radius 1 is 1.08 bits per heavy atom. The maximum absolute atomic E-state index is 13.8. The Balaban J connectivity index is 1.49. The van der Waals surface area contributed by atoms with Gasteiger partial charge in [-0.05, 0) is 80.9 Å². The molecule has 39 heavy (non-hydrogen) atoms. The molecule has 6 nitrogen and oxygen atoms in total. The molecule has 1 fully saturated rings. The van der Waals surface area contributed by atoms with E-state index in [9.17, 15) is 14.0 Å². The number of benzene rings is 1. The molecule has 1 heterocycles. The normalized spacial score (nSPS) is 23.0. The molecule has 3 aliphatic carbocycles. The van der Waals surface area contributed by atoms with Gasteiger partial charge in [-0.3, -0.25) is 9.59 Å². The number of unbranched alkanes of at least 4 members (excludes halogenated alkanes) is 2. The molecule has 0 N–H and O–H groups in total. The second kappa shape index (κ2) is 11.1. The zero-order valence-corrected chi connectivity index (χ0v) is 23.3. The van der Waals surface area contributed by atoms with E-state index in [-0.39, 0.29) is 17.2 Å². The smallest absolute Gasteiger partial charge is 0.324 e. The van der Waals surface area contributed by atoms with Gasteiger partial charge in [-0.2, -0.15) is 5.10 Å². The number of halogens is 1. The summed E-state index contributed by atoms with van der Waals surface area (Å²) in [5.41, 5.74) is 3.70. The van der Waals surface area contributed by atoms with Gasteiger partial charge in [0.1, 0.15) is 5.82 Å². The molecule has 2 aromatic rings. The zero-order chi connectivity index (χ0) is 27.6. The van der Waals surface area contributed by atoms with Crippen molar-refractivity contribution in [3.63, 3.8) is 0 Å². The van der Waals surface area contributed by atoms with Crippen LogP contribution in [-0.4, -0.2) is 34.9 Å². The van der Waals surface area contributed by atoms with Crippen molar-refractivity contribution in [2.75, 3.05) is 13.2 Å². The Bertz CT molecular complexity index is 1270. The van der Waals surface area contributed by atoms with E-state index in [4.69, 9.17) is 9.47 Å². The van der Waals surface area contributed by atoms with E-state index < -0.39 is 17.4 Å². The molecule has 3 aliphatic rings. The number of aromatic nitrogens is 2. The van der Waals surface area contributed by atoms with Crippen molar-refractivity contribution in [3.05, 3.63) is 64.8 Å². The van der Waals surface area contributed by atoms with Crippen LogP contribution in [-0.2, 0) is 25.5 Å². The Morgan fingerprint density at radius 2 is 1.74 bits per heavy atom. The average molecular weight is 535 g/mol. The third-order valence-electron chi connectivity index (χ3n) is 8.92. The highest BCUT2D eigenvalue weighted by molar-refractivity contribution is 6.01. The van der Waals surface area contributed by atoms with E-state index in [1.807, 2.05) is 10.9 Å². The Kier molecular flexibility index (Phi) is 7.79. The van der Waals surface area contributed by atoms with E-state index in [0.29, 0.717) is 32.5 Å². The number of fused-ring (bicyclic) bond motifs is 4. The summed E-state index contributed by atoms with van der Waals surface area (Å²) in [6, 6.07) is 6.36. The predicted molar refractivity (Wildman–Crippen MR) is 148 cm³/mol. The number of hydrogen-bond donors (Lipinski definition) is 0. The summed E-state index contributed by atoms with van der Waals surface area (Å²) in [6.07, 6.45) is 12.9. The molecule has 0 bridgehead atoms. The standard InChI is InChI=1S/C32H39FN2O4/c1-4-6-17-38-29(36)32(30(37)39-18-7-5-2)16-8-9-26-27(32)15-10-23-19-28-22(20-31(23,26)3)21-34-35(28)25-13-11-24(33)12-14-25/h9,11-14,19,21,27H,4-8,10,15-18,20H2,1-3H3. The highest BCUT2D eigenvalue weighted by atomic mass is 19.1. The maximum Gasteiger partial charge on any atom is 0.324 e. The van der Waals surface area contributed by atoms with Gasteiger partial charge in [0.15, 0.2) is 5.41 Å². The molecule has 0 aliphatic heterocycles. The van der Waals surface area contributed by atoms with Crippen molar-refractivity contribution >= 4 is 18.0 Å². The molecule has 2 unspecified atom stereocenters. The molecular weight excluding hydrogens is 495 g/mol. The number of hydrogen-bond acceptors (Lipinski definition) is 5. The monoisotopic (exact) mass is 534 g/mol. The van der Waals surface area contributed by atoms with Crippen LogP contribution in [0.5, 0.6) is 0 Å². The number of allylic oxidation sites excluding steroid dienone is 3. The van der Waals surface area contributed by atoms with Crippen molar-refractivity contribution in [2.24, 2.45) is 16.7 Å². The van der Waals surface area contributed by atoms with Gasteiger partial charge >= 0.3 is 11.9 Å². The van der Waals surface area contributed by atoms with Crippen LogP contribution in [0.4, 0.5) is 4.39 Å². The molecule has 0 radical (unpaired) electrons. The van der Waals surface area contributed by atoms with Crippen molar-refractivity contribution in [3.8, 4) is 5.69 Å². The molecule has 0 amide bonds. The van der Waals surface area contributed by atoms with Crippen molar-refractivity contribution in [1.82, 2.24) is 9.78 Å². The van der Waals surface area contributed by atoms with Gasteiger partial charge in [-0.15, -0.1) is 0 Å². The Morgan fingerprint density at radius 3 is 2.38 bits per heavy atom. The Labute approximate surface area is 230 Å². The minimum Gasteiger partial charge on any atom is -0.465 e. The first-order chi connectivity index (χ1) is 18.8. The number of carbonyl (C=O) groups is 2. The lowest BCUT2D eigenvalue weighted by Gasteiger charge is -2.51. The van der Waals surface area contributed by atoms with Crippen LogP contribution in [0.2, 0.25) is 0 Å². The molecule has 1 saturated carbocycles. The summed E-state index contributed by atoms with van der Waals surface area (Å²) in [6.45, 7) is 6.97. The maximum atomic E-state index is 13.8. The first kappa shape index (κ1) is 27.4. The largest absolute Gasteiger partial charge is 0.465 e. The topological polar surface area (TPSA) is 70.4 Å². The SMILES string of the molecule is CCCCOC(=O)C1(C(=O)OCCCC)CCC=C2C1CCC1=Cc3c(cnn3-c3ccc(F)cc3)CC12C. The molecule has 0 spiro atoms. The summed E-state index contributed by atoms with van der Waals surface area (Å²) in [5.74, 6) is -1.39. The van der Waals surface area contributed by atoms with Crippen LogP contribution >= 0.6 is 0 Å². The van der Waals surface area contributed by atoms with Gasteiger partial charge in [0.25, 0.3) is 0 Å². The minimum absolute atomic E-state index is 0.259. The highest BCUT2D eigenvalue weighted by Crippen LogP contribution is 2.60. The van der Waals surface area contributed by atoms with E-state index >= 15 is 0 Å². The van der Waals surface area contributed by atoms with Crippen LogP contribution in [0, 0.1) is 22.6 Å². The van der Waals surface area contributed by atoms with Gasteiger partial charge in [0.05, 0.1) is 30.8 Å². The lowest BCUT2D eigenvalue weighted by Crippen LogP contribution is -2.53. The molecule has 208 valence electrons. The lowest BCUT2D eigenvalue weighted by atomic mass is 9.51. The van der Waals surface area contributed by atoms with Gasteiger partial charge in [-0.25, -0.2) is 9.07 Å². The zero-order valence-electron chi connectivity index (χ0n) is 23.3. The number of rotatable bonds is 9. The minimum atomic E-state index is -1.31. The van der Waals surface area contributed by atoms with E-state index in [1.165, 1.54) is 17.7 Å². The van der Waals surface area contributed by atoms with E-state index in [0.717, 1.165) is 61.0 Å². The molecular formula is C32H39FN2O4. The summed E-state index contributed by atoms with van der Waals surface area (Å²) >= 11 is 0. The summed E-state index contributed by atoms with van der Waals surface area (Å²) in [5, 5.41) is 4.64. The number of esters is 2. The molecule has 2 atom stereocenters.